The highest BCUT2D eigenvalue weighted by atomic mass is 35.5. The van der Waals surface area contributed by atoms with Crippen LogP contribution in [0.25, 0.3) is 22.8 Å². The van der Waals surface area contributed by atoms with Gasteiger partial charge in [0.05, 0.1) is 18.0 Å². The third-order valence-corrected chi connectivity index (χ3v) is 4.21. The Morgan fingerprint density at radius 3 is 2.52 bits per heavy atom. The van der Waals surface area contributed by atoms with Crippen molar-refractivity contribution < 1.29 is 26.8 Å². The molecule has 0 aliphatic carbocycles. The van der Waals surface area contributed by atoms with Crippen LogP contribution in [0, 0.1) is 5.82 Å². The fourth-order valence-corrected chi connectivity index (χ4v) is 2.66. The van der Waals surface area contributed by atoms with Crippen LogP contribution in [0.5, 0.6) is 5.75 Å². The lowest BCUT2D eigenvalue weighted by Gasteiger charge is -2.18. The molecule has 1 aliphatic heterocycles. The summed E-state index contributed by atoms with van der Waals surface area (Å²) >= 11 is 0. The van der Waals surface area contributed by atoms with Gasteiger partial charge >= 0.3 is 6.18 Å². The van der Waals surface area contributed by atoms with Gasteiger partial charge in [-0.15, -0.1) is 12.4 Å². The molecule has 0 fully saturated rings. The lowest BCUT2D eigenvalue weighted by molar-refractivity contribution is -0.189. The van der Waals surface area contributed by atoms with E-state index in [0.717, 1.165) is 30.4 Å². The number of rotatable bonds is 4. The number of alkyl halides is 3. The average molecular weight is 431 g/mol. The van der Waals surface area contributed by atoms with Gasteiger partial charge in [-0.3, -0.25) is 0 Å². The summed E-state index contributed by atoms with van der Waals surface area (Å²) in [6, 6.07) is 8.97. The molecule has 29 heavy (non-hydrogen) atoms. The molecule has 2 N–H and O–H groups in total. The number of hydrogen-bond acceptors (Lipinski definition) is 6. The number of hydrogen-bond donors (Lipinski definition) is 2. The third kappa shape index (κ3) is 4.21. The van der Waals surface area contributed by atoms with Crippen LogP contribution in [0.2, 0.25) is 0 Å². The molecule has 1 unspecified atom stereocenters. The van der Waals surface area contributed by atoms with Crippen molar-refractivity contribution in [1.29, 1.82) is 0 Å². The van der Waals surface area contributed by atoms with E-state index < -0.39 is 23.8 Å². The number of benzene rings is 2. The van der Waals surface area contributed by atoms with Gasteiger partial charge < -0.3 is 19.9 Å². The minimum absolute atomic E-state index is 0. The first-order valence-electron chi connectivity index (χ1n) is 8.30. The van der Waals surface area contributed by atoms with Crippen LogP contribution >= 0.6 is 12.4 Å². The third-order valence-electron chi connectivity index (χ3n) is 4.21. The molecule has 11 heteroatoms. The second-order valence-corrected chi connectivity index (χ2v) is 6.16. The van der Waals surface area contributed by atoms with E-state index in [-0.39, 0.29) is 23.9 Å². The Kier molecular flexibility index (Phi) is 5.56. The molecule has 0 saturated heterocycles. The van der Waals surface area contributed by atoms with Crippen LogP contribution in [0.1, 0.15) is 6.92 Å². The SMILES string of the molecule is CC(Oc1ccc(-c2nc(-c3ccc4c(c3)NCN4)no2)cc1F)C(F)(F)F.Cl. The van der Waals surface area contributed by atoms with Crippen LogP contribution < -0.4 is 15.4 Å². The van der Waals surface area contributed by atoms with Crippen molar-refractivity contribution in [1.82, 2.24) is 10.1 Å². The fraction of sp³-hybridized carbons (Fsp3) is 0.222. The summed E-state index contributed by atoms with van der Waals surface area (Å²) in [7, 11) is 0. The van der Waals surface area contributed by atoms with E-state index in [1.807, 2.05) is 18.2 Å². The van der Waals surface area contributed by atoms with Gasteiger partial charge in [0, 0.05) is 11.1 Å². The summed E-state index contributed by atoms with van der Waals surface area (Å²) in [4.78, 5) is 4.23. The maximum absolute atomic E-state index is 14.2. The van der Waals surface area contributed by atoms with Crippen molar-refractivity contribution in [3.63, 3.8) is 0 Å². The quantitative estimate of drug-likeness (QED) is 0.562. The highest BCUT2D eigenvalue weighted by molar-refractivity contribution is 5.85. The Hall–Kier alpha value is -3.01. The van der Waals surface area contributed by atoms with Gasteiger partial charge in [-0.05, 0) is 43.3 Å². The smallest absolute Gasteiger partial charge is 0.425 e. The van der Waals surface area contributed by atoms with E-state index in [2.05, 4.69) is 25.5 Å². The van der Waals surface area contributed by atoms with Crippen molar-refractivity contribution in [2.24, 2.45) is 0 Å². The number of nitrogens with zero attached hydrogens (tertiary/aromatic N) is 2. The Balaban J connectivity index is 0.00000240. The Bertz CT molecular complexity index is 1030. The van der Waals surface area contributed by atoms with Gasteiger partial charge in [-0.25, -0.2) is 4.39 Å². The number of halogens is 5. The standard InChI is InChI=1S/C18H14F4N4O2.ClH/c1-9(18(20,21)22)27-15-5-3-11(6-12(15)19)17-25-16(26-28-17)10-2-4-13-14(7-10)24-8-23-13;/h2-7,9,23-24H,8H2,1H3;1H. The molecule has 1 aliphatic rings. The molecule has 4 rings (SSSR count). The lowest BCUT2D eigenvalue weighted by atomic mass is 10.1. The average Bonchev–Trinajstić information content (AvgIpc) is 3.31. The first-order chi connectivity index (χ1) is 13.3. The summed E-state index contributed by atoms with van der Waals surface area (Å²) in [5.41, 5.74) is 2.78. The Labute approximate surface area is 168 Å². The van der Waals surface area contributed by atoms with Crippen molar-refractivity contribution in [2.45, 2.75) is 19.2 Å². The maximum Gasteiger partial charge on any atom is 0.425 e. The summed E-state index contributed by atoms with van der Waals surface area (Å²) < 4.78 is 61.7. The van der Waals surface area contributed by atoms with Crippen molar-refractivity contribution in [2.75, 3.05) is 17.3 Å². The van der Waals surface area contributed by atoms with Gasteiger partial charge in [0.1, 0.15) is 0 Å². The zero-order valence-corrected chi connectivity index (χ0v) is 15.7. The van der Waals surface area contributed by atoms with Crippen LogP contribution in [0.15, 0.2) is 40.9 Å². The molecular formula is C18H15ClF4N4O2. The number of anilines is 2. The van der Waals surface area contributed by atoms with Crippen molar-refractivity contribution >= 4 is 23.8 Å². The highest BCUT2D eigenvalue weighted by Gasteiger charge is 2.38. The zero-order chi connectivity index (χ0) is 19.9. The maximum atomic E-state index is 14.2. The van der Waals surface area contributed by atoms with Gasteiger partial charge in [0.2, 0.25) is 5.82 Å². The van der Waals surface area contributed by atoms with E-state index in [1.165, 1.54) is 6.07 Å². The molecule has 0 bridgehead atoms. The van der Waals surface area contributed by atoms with E-state index in [1.54, 1.807) is 0 Å². The molecule has 0 amide bonds. The van der Waals surface area contributed by atoms with Crippen LogP contribution in [-0.2, 0) is 0 Å². The minimum Gasteiger partial charge on any atom is -0.478 e. The molecule has 1 aromatic heterocycles. The number of fused-ring (bicyclic) bond motifs is 1. The van der Waals surface area contributed by atoms with Gasteiger partial charge in [-0.1, -0.05) is 5.16 Å². The Morgan fingerprint density at radius 1 is 1.07 bits per heavy atom. The summed E-state index contributed by atoms with van der Waals surface area (Å²) in [5, 5.41) is 10.2. The van der Waals surface area contributed by atoms with Gasteiger partial charge in [0.25, 0.3) is 5.89 Å². The normalized spacial score (nSPS) is 13.7. The first-order valence-corrected chi connectivity index (χ1v) is 8.30. The zero-order valence-electron chi connectivity index (χ0n) is 14.9. The van der Waals surface area contributed by atoms with E-state index >= 15 is 0 Å². The number of aromatic nitrogens is 2. The van der Waals surface area contributed by atoms with E-state index in [4.69, 9.17) is 4.52 Å². The van der Waals surface area contributed by atoms with Crippen molar-refractivity contribution in [3.8, 4) is 28.6 Å². The second-order valence-electron chi connectivity index (χ2n) is 6.16. The molecule has 3 aromatic rings. The molecule has 0 saturated carbocycles. The van der Waals surface area contributed by atoms with Gasteiger partial charge in [-0.2, -0.15) is 18.2 Å². The van der Waals surface area contributed by atoms with E-state index in [0.29, 0.717) is 18.1 Å². The highest BCUT2D eigenvalue weighted by Crippen LogP contribution is 2.32. The van der Waals surface area contributed by atoms with E-state index in [9.17, 15) is 17.6 Å². The van der Waals surface area contributed by atoms with Crippen molar-refractivity contribution in [3.05, 3.63) is 42.2 Å². The second kappa shape index (κ2) is 7.78. The summed E-state index contributed by atoms with van der Waals surface area (Å²) in [6.45, 7) is 1.43. The molecule has 6 nitrogen and oxygen atoms in total. The largest absolute Gasteiger partial charge is 0.478 e. The lowest BCUT2D eigenvalue weighted by Crippen LogP contribution is -2.31. The van der Waals surface area contributed by atoms with Crippen LogP contribution in [0.4, 0.5) is 28.9 Å². The minimum atomic E-state index is -4.59. The summed E-state index contributed by atoms with van der Waals surface area (Å²) in [6.07, 6.45) is -6.72. The monoisotopic (exact) mass is 430 g/mol. The predicted molar refractivity (Wildman–Crippen MR) is 101 cm³/mol. The molecule has 2 heterocycles. The Morgan fingerprint density at radius 2 is 1.79 bits per heavy atom. The summed E-state index contributed by atoms with van der Waals surface area (Å²) in [5.74, 6) is -1.12. The molecule has 1 atom stereocenters. The number of ether oxygens (including phenoxy) is 1. The molecule has 0 spiro atoms. The molecule has 154 valence electrons. The predicted octanol–water partition coefficient (Wildman–Crippen LogP) is 5.09. The fourth-order valence-electron chi connectivity index (χ4n) is 2.66. The number of nitrogens with one attached hydrogen (secondary N) is 2. The van der Waals surface area contributed by atoms with Crippen LogP contribution in [0.3, 0.4) is 0 Å². The topological polar surface area (TPSA) is 72.2 Å². The molecule has 0 radical (unpaired) electrons. The van der Waals surface area contributed by atoms with Gasteiger partial charge in [0.15, 0.2) is 17.7 Å². The molecular weight excluding hydrogens is 416 g/mol. The van der Waals surface area contributed by atoms with Crippen LogP contribution in [-0.4, -0.2) is 29.1 Å². The molecule has 2 aromatic carbocycles. The first kappa shape index (κ1) is 20.7.